The summed E-state index contributed by atoms with van der Waals surface area (Å²) in [6, 6.07) is 17.2. The minimum atomic E-state index is -0.387. The molecular formula is C25H19FN4O2. The number of aryl methyl sites for hydroxylation is 2. The Morgan fingerprint density at radius 3 is 2.53 bits per heavy atom. The number of aromatic nitrogens is 3. The lowest BCUT2D eigenvalue weighted by Gasteiger charge is -2.07. The number of halogens is 1. The second-order valence-electron chi connectivity index (χ2n) is 7.78. The van der Waals surface area contributed by atoms with E-state index in [0.29, 0.717) is 44.3 Å². The van der Waals surface area contributed by atoms with Crippen LogP contribution in [0.25, 0.3) is 27.5 Å². The first-order chi connectivity index (χ1) is 15.4. The molecule has 0 bridgehead atoms. The van der Waals surface area contributed by atoms with Crippen LogP contribution in [-0.4, -0.2) is 20.7 Å². The summed E-state index contributed by atoms with van der Waals surface area (Å²) in [6.07, 6.45) is 1.54. The van der Waals surface area contributed by atoms with Gasteiger partial charge in [-0.15, -0.1) is 0 Å². The first kappa shape index (κ1) is 19.7. The zero-order chi connectivity index (χ0) is 22.4. The highest BCUT2D eigenvalue weighted by atomic mass is 19.1. The van der Waals surface area contributed by atoms with Crippen LogP contribution in [0.2, 0.25) is 0 Å². The molecule has 1 amide bonds. The smallest absolute Gasteiger partial charge is 0.280 e. The third-order valence-corrected chi connectivity index (χ3v) is 5.51. The lowest BCUT2D eigenvalue weighted by Crippen LogP contribution is -2.14. The molecule has 2 aromatic heterocycles. The summed E-state index contributed by atoms with van der Waals surface area (Å²) in [7, 11) is 0. The van der Waals surface area contributed by atoms with Crippen molar-refractivity contribution in [1.82, 2.24) is 14.8 Å². The van der Waals surface area contributed by atoms with Gasteiger partial charge in [0.2, 0.25) is 0 Å². The minimum absolute atomic E-state index is 0.219. The molecule has 5 aromatic rings. The molecule has 0 aliphatic rings. The third kappa shape index (κ3) is 3.33. The van der Waals surface area contributed by atoms with E-state index in [1.165, 1.54) is 16.9 Å². The maximum atomic E-state index is 13.8. The van der Waals surface area contributed by atoms with Gasteiger partial charge >= 0.3 is 0 Å². The van der Waals surface area contributed by atoms with E-state index < -0.39 is 0 Å². The van der Waals surface area contributed by atoms with Crippen molar-refractivity contribution in [3.63, 3.8) is 0 Å². The molecule has 0 aliphatic carbocycles. The summed E-state index contributed by atoms with van der Waals surface area (Å²) in [5.41, 5.74) is 4.07. The van der Waals surface area contributed by atoms with E-state index in [9.17, 15) is 14.0 Å². The van der Waals surface area contributed by atoms with Crippen molar-refractivity contribution in [3.05, 3.63) is 99.7 Å². The van der Waals surface area contributed by atoms with Crippen LogP contribution in [0.3, 0.4) is 0 Å². The lowest BCUT2D eigenvalue weighted by atomic mass is 10.1. The zero-order valence-electron chi connectivity index (χ0n) is 17.4. The summed E-state index contributed by atoms with van der Waals surface area (Å²) in [6.45, 7) is 3.64. The third-order valence-electron chi connectivity index (χ3n) is 5.51. The zero-order valence-corrected chi connectivity index (χ0v) is 17.4. The number of carbonyl (C=O) groups excluding carboxylic acids is 1. The number of carbonyl (C=O) groups is 1. The summed E-state index contributed by atoms with van der Waals surface area (Å²) in [4.78, 5) is 30.1. The van der Waals surface area contributed by atoms with Gasteiger partial charge in [-0.05, 0) is 61.9 Å². The summed E-state index contributed by atoms with van der Waals surface area (Å²) < 4.78 is 15.3. The van der Waals surface area contributed by atoms with Crippen LogP contribution in [0.1, 0.15) is 21.5 Å². The molecule has 0 aliphatic heterocycles. The van der Waals surface area contributed by atoms with Gasteiger partial charge in [-0.3, -0.25) is 19.7 Å². The molecule has 0 saturated carbocycles. The number of hydrogen-bond donors (Lipinski definition) is 2. The predicted molar refractivity (Wildman–Crippen MR) is 123 cm³/mol. The molecule has 7 heteroatoms. The molecular weight excluding hydrogens is 407 g/mol. The van der Waals surface area contributed by atoms with E-state index in [-0.39, 0.29) is 17.3 Å². The Bertz CT molecular complexity index is 1570. The van der Waals surface area contributed by atoms with Crippen LogP contribution in [0.4, 0.5) is 10.1 Å². The predicted octanol–water partition coefficient (Wildman–Crippen LogP) is 4.88. The van der Waals surface area contributed by atoms with Crippen molar-refractivity contribution >= 4 is 33.4 Å². The van der Waals surface area contributed by atoms with Gasteiger partial charge in [0, 0.05) is 22.8 Å². The van der Waals surface area contributed by atoms with E-state index in [4.69, 9.17) is 0 Å². The fraction of sp³-hybridized carbons (Fsp3) is 0.0800. The average Bonchev–Trinajstić information content (AvgIpc) is 3.13. The summed E-state index contributed by atoms with van der Waals surface area (Å²) >= 11 is 0. The van der Waals surface area contributed by atoms with Crippen molar-refractivity contribution in [1.29, 1.82) is 0 Å². The Hall–Kier alpha value is -4.26. The quantitative estimate of drug-likeness (QED) is 0.432. The normalized spacial score (nSPS) is 11.2. The van der Waals surface area contributed by atoms with Crippen LogP contribution in [0, 0.1) is 19.7 Å². The maximum absolute atomic E-state index is 13.8. The Kier molecular flexibility index (Phi) is 4.59. The second-order valence-corrected chi connectivity index (χ2v) is 7.78. The van der Waals surface area contributed by atoms with E-state index in [1.807, 2.05) is 31.2 Å². The number of amides is 1. The maximum Gasteiger partial charge on any atom is 0.280 e. The van der Waals surface area contributed by atoms with Crippen LogP contribution in [-0.2, 0) is 0 Å². The number of hydrogen-bond acceptors (Lipinski definition) is 3. The molecule has 2 heterocycles. The standard InChI is InChI=1S/C25H19FN4O2/c1-14-3-8-18(9-4-14)30-25(32)20-13-27-22-10-6-16(11-19(22)23(20)29-30)24(31)28-17-7-5-15(2)21(26)12-17/h3-13,29H,1-2H3,(H,28,31). The molecule has 0 radical (unpaired) electrons. The molecule has 0 saturated heterocycles. The Morgan fingerprint density at radius 2 is 1.78 bits per heavy atom. The van der Waals surface area contributed by atoms with E-state index >= 15 is 0 Å². The van der Waals surface area contributed by atoms with Crippen LogP contribution in [0.5, 0.6) is 0 Å². The molecule has 5 rings (SSSR count). The Labute approximate surface area is 182 Å². The van der Waals surface area contributed by atoms with Crippen molar-refractivity contribution in [2.45, 2.75) is 13.8 Å². The van der Waals surface area contributed by atoms with Gasteiger partial charge in [-0.2, -0.15) is 0 Å². The fourth-order valence-corrected chi connectivity index (χ4v) is 3.65. The van der Waals surface area contributed by atoms with Gasteiger partial charge in [-0.25, -0.2) is 9.07 Å². The number of fused-ring (bicyclic) bond motifs is 3. The van der Waals surface area contributed by atoms with Crippen molar-refractivity contribution in [3.8, 4) is 5.69 Å². The molecule has 158 valence electrons. The van der Waals surface area contributed by atoms with Crippen molar-refractivity contribution in [2.24, 2.45) is 0 Å². The SMILES string of the molecule is Cc1ccc(-n2[nH]c3c(cnc4ccc(C(=O)Nc5ccc(C)c(F)c5)cc43)c2=O)cc1. The van der Waals surface area contributed by atoms with Gasteiger partial charge in [0.15, 0.2) is 0 Å². The number of benzene rings is 3. The second kappa shape index (κ2) is 7.46. The molecule has 0 spiro atoms. The molecule has 6 nitrogen and oxygen atoms in total. The number of nitrogens with zero attached hydrogens (tertiary/aromatic N) is 2. The Morgan fingerprint density at radius 1 is 1.00 bits per heavy atom. The topological polar surface area (TPSA) is 79.8 Å². The summed E-state index contributed by atoms with van der Waals surface area (Å²) in [5.74, 6) is -0.769. The Balaban J connectivity index is 1.59. The van der Waals surface area contributed by atoms with Gasteiger partial charge in [0.25, 0.3) is 11.5 Å². The van der Waals surface area contributed by atoms with E-state index in [2.05, 4.69) is 15.4 Å². The minimum Gasteiger partial charge on any atom is -0.322 e. The van der Waals surface area contributed by atoms with Gasteiger partial charge in [-0.1, -0.05) is 23.8 Å². The highest BCUT2D eigenvalue weighted by molar-refractivity contribution is 6.10. The summed E-state index contributed by atoms with van der Waals surface area (Å²) in [5, 5.41) is 6.94. The van der Waals surface area contributed by atoms with Gasteiger partial charge < -0.3 is 5.32 Å². The average molecular weight is 426 g/mol. The van der Waals surface area contributed by atoms with E-state index in [0.717, 1.165) is 5.56 Å². The van der Waals surface area contributed by atoms with Crippen molar-refractivity contribution in [2.75, 3.05) is 5.32 Å². The monoisotopic (exact) mass is 426 g/mol. The number of pyridine rings is 1. The highest BCUT2D eigenvalue weighted by Crippen LogP contribution is 2.23. The number of anilines is 1. The molecule has 32 heavy (non-hydrogen) atoms. The highest BCUT2D eigenvalue weighted by Gasteiger charge is 2.14. The first-order valence-corrected chi connectivity index (χ1v) is 10.1. The fourth-order valence-electron chi connectivity index (χ4n) is 3.65. The largest absolute Gasteiger partial charge is 0.322 e. The van der Waals surface area contributed by atoms with E-state index in [1.54, 1.807) is 37.3 Å². The van der Waals surface area contributed by atoms with Gasteiger partial charge in [0.05, 0.1) is 22.1 Å². The molecule has 0 atom stereocenters. The number of H-pyrrole nitrogens is 1. The van der Waals surface area contributed by atoms with Crippen LogP contribution >= 0.6 is 0 Å². The molecule has 3 aromatic carbocycles. The first-order valence-electron chi connectivity index (χ1n) is 10.1. The number of aromatic amines is 1. The molecule has 0 unspecified atom stereocenters. The van der Waals surface area contributed by atoms with Crippen molar-refractivity contribution < 1.29 is 9.18 Å². The molecule has 2 N–H and O–H groups in total. The molecule has 0 fully saturated rings. The van der Waals surface area contributed by atoms with Crippen LogP contribution < -0.4 is 10.9 Å². The lowest BCUT2D eigenvalue weighted by molar-refractivity contribution is 0.102. The number of nitrogens with one attached hydrogen (secondary N) is 2. The van der Waals surface area contributed by atoms with Gasteiger partial charge in [0.1, 0.15) is 5.82 Å². The van der Waals surface area contributed by atoms with Crippen LogP contribution in [0.15, 0.2) is 71.7 Å². The number of rotatable bonds is 3.